The van der Waals surface area contributed by atoms with Gasteiger partial charge >= 0.3 is 16.2 Å². The van der Waals surface area contributed by atoms with Crippen molar-refractivity contribution in [3.05, 3.63) is 29.6 Å². The SMILES string of the molecule is O=C(O)c1cc(F)cc(S(F)(F)(F)(F)F)c1. The molecule has 2 nitrogen and oxygen atoms in total. The van der Waals surface area contributed by atoms with E-state index in [0.717, 1.165) is 0 Å². The average molecular weight is 266 g/mol. The molecule has 0 saturated carbocycles. The molecule has 0 aromatic heterocycles. The van der Waals surface area contributed by atoms with Crippen molar-refractivity contribution in [2.45, 2.75) is 4.90 Å². The number of halogens is 6. The maximum atomic E-state index is 12.6. The van der Waals surface area contributed by atoms with E-state index < -0.39 is 38.5 Å². The highest BCUT2D eigenvalue weighted by atomic mass is 32.5. The monoisotopic (exact) mass is 266 g/mol. The average Bonchev–Trinajstić information content (AvgIpc) is 1.98. The Bertz CT molecular complexity index is 465. The summed E-state index contributed by atoms with van der Waals surface area (Å²) >= 11 is 0. The van der Waals surface area contributed by atoms with E-state index >= 15 is 0 Å². The predicted octanol–water partition coefficient (Wildman–Crippen LogP) is 4.18. The van der Waals surface area contributed by atoms with Gasteiger partial charge in [-0.3, -0.25) is 0 Å². The fraction of sp³-hybridized carbons (Fsp3) is 0. The maximum absolute atomic E-state index is 12.6. The first kappa shape index (κ1) is 12.7. The number of rotatable bonds is 2. The van der Waals surface area contributed by atoms with Crippen molar-refractivity contribution < 1.29 is 33.7 Å². The summed E-state index contributed by atoms with van der Waals surface area (Å²) in [5.41, 5.74) is -1.19. The van der Waals surface area contributed by atoms with Crippen LogP contribution < -0.4 is 0 Å². The molecule has 16 heavy (non-hydrogen) atoms. The zero-order valence-corrected chi connectivity index (χ0v) is 8.08. The van der Waals surface area contributed by atoms with Crippen LogP contribution in [0.5, 0.6) is 0 Å². The molecule has 9 heteroatoms. The largest absolute Gasteiger partial charge is 0.478 e. The number of carboxylic acids is 1. The molecule has 0 atom stereocenters. The van der Waals surface area contributed by atoms with Gasteiger partial charge in [0, 0.05) is 0 Å². The second-order valence-corrected chi connectivity index (χ2v) is 5.36. The highest BCUT2D eigenvalue weighted by Gasteiger charge is 2.65. The quantitative estimate of drug-likeness (QED) is 0.815. The molecule has 0 fully saturated rings. The number of carboxylic acid groups (broad SMARTS) is 1. The molecule has 0 aliphatic rings. The lowest BCUT2D eigenvalue weighted by Crippen LogP contribution is -2.08. The van der Waals surface area contributed by atoms with E-state index in [2.05, 4.69) is 0 Å². The topological polar surface area (TPSA) is 37.3 Å². The molecule has 92 valence electrons. The summed E-state index contributed by atoms with van der Waals surface area (Å²) in [6.07, 6.45) is 0. The van der Waals surface area contributed by atoms with Gasteiger partial charge in [-0.05, 0) is 18.2 Å². The van der Waals surface area contributed by atoms with Gasteiger partial charge in [-0.15, -0.1) is 0 Å². The van der Waals surface area contributed by atoms with Gasteiger partial charge in [-0.2, -0.15) is 0 Å². The molecule has 1 N–H and O–H groups in total. The highest BCUT2D eigenvalue weighted by molar-refractivity contribution is 8.45. The van der Waals surface area contributed by atoms with E-state index in [1.54, 1.807) is 0 Å². The van der Waals surface area contributed by atoms with Crippen molar-refractivity contribution in [1.82, 2.24) is 0 Å². The van der Waals surface area contributed by atoms with Gasteiger partial charge in [0.15, 0.2) is 0 Å². The molecular weight excluding hydrogens is 262 g/mol. The van der Waals surface area contributed by atoms with Crippen LogP contribution >= 0.6 is 10.2 Å². The van der Waals surface area contributed by atoms with Crippen LogP contribution in [-0.2, 0) is 0 Å². The Morgan fingerprint density at radius 2 is 1.56 bits per heavy atom. The van der Waals surface area contributed by atoms with Crippen LogP contribution in [0.15, 0.2) is 23.1 Å². The standard InChI is InChI=1S/C7H4F6O2S/c8-5-1-4(7(14)15)2-6(3-5)16(9,10,11,12)13/h1-3H,(H,14,15). The van der Waals surface area contributed by atoms with Gasteiger partial charge in [0.1, 0.15) is 10.7 Å². The van der Waals surface area contributed by atoms with Crippen LogP contribution in [0.25, 0.3) is 0 Å². The number of hydrogen-bond donors (Lipinski definition) is 1. The lowest BCUT2D eigenvalue weighted by molar-refractivity contribution is 0.0696. The fourth-order valence-electron chi connectivity index (χ4n) is 0.909. The smallest absolute Gasteiger partial charge is 0.335 e. The minimum absolute atomic E-state index is 0.218. The predicted molar refractivity (Wildman–Crippen MR) is 44.8 cm³/mol. The zero-order valence-electron chi connectivity index (χ0n) is 7.26. The third-order valence-electron chi connectivity index (χ3n) is 1.56. The Kier molecular flexibility index (Phi) is 2.10. The summed E-state index contributed by atoms with van der Waals surface area (Å²) in [7, 11) is -10.0. The zero-order chi connectivity index (χ0) is 12.8. The van der Waals surface area contributed by atoms with Crippen LogP contribution in [0.4, 0.5) is 23.8 Å². The minimum Gasteiger partial charge on any atom is -0.478 e. The Hall–Kier alpha value is -1.38. The molecular formula is C7H4F6O2S. The summed E-state index contributed by atoms with van der Waals surface area (Å²) in [5, 5.41) is 8.30. The second-order valence-electron chi connectivity index (χ2n) is 2.95. The molecule has 0 bridgehead atoms. The summed E-state index contributed by atoms with van der Waals surface area (Å²) in [5.74, 6) is -3.62. The molecule has 0 heterocycles. The number of aromatic carboxylic acids is 1. The molecule has 0 radical (unpaired) electrons. The van der Waals surface area contributed by atoms with Crippen LogP contribution in [0.2, 0.25) is 0 Å². The van der Waals surface area contributed by atoms with Crippen molar-refractivity contribution in [1.29, 1.82) is 0 Å². The summed E-state index contributed by atoms with van der Waals surface area (Å²) in [6.45, 7) is 0. The summed E-state index contributed by atoms with van der Waals surface area (Å²) in [4.78, 5) is 7.72. The second kappa shape index (κ2) is 2.65. The Morgan fingerprint density at radius 3 is 1.94 bits per heavy atom. The lowest BCUT2D eigenvalue weighted by atomic mass is 10.2. The third-order valence-corrected chi connectivity index (χ3v) is 2.69. The van der Waals surface area contributed by atoms with Gasteiger partial charge in [-0.25, -0.2) is 9.18 Å². The van der Waals surface area contributed by atoms with Crippen molar-refractivity contribution in [2.75, 3.05) is 0 Å². The van der Waals surface area contributed by atoms with Gasteiger partial charge in [0.25, 0.3) is 0 Å². The Morgan fingerprint density at radius 1 is 1.06 bits per heavy atom. The van der Waals surface area contributed by atoms with Gasteiger partial charge < -0.3 is 5.11 Å². The van der Waals surface area contributed by atoms with Crippen molar-refractivity contribution in [3.63, 3.8) is 0 Å². The minimum atomic E-state index is -10.0. The van der Waals surface area contributed by atoms with Crippen LogP contribution in [-0.4, -0.2) is 11.1 Å². The van der Waals surface area contributed by atoms with Crippen LogP contribution in [0.3, 0.4) is 0 Å². The first-order valence-electron chi connectivity index (χ1n) is 3.57. The first-order chi connectivity index (χ1) is 6.79. The fourth-order valence-corrected chi connectivity index (χ4v) is 1.59. The molecule has 1 aromatic rings. The Balaban J connectivity index is 3.56. The van der Waals surface area contributed by atoms with Gasteiger partial charge in [-0.1, -0.05) is 19.4 Å². The third kappa shape index (κ3) is 2.81. The van der Waals surface area contributed by atoms with Gasteiger partial charge in [0.05, 0.1) is 5.56 Å². The number of benzene rings is 1. The molecule has 1 rings (SSSR count). The Labute approximate surface area is 85.2 Å². The molecule has 0 aliphatic heterocycles. The molecule has 0 aliphatic carbocycles. The first-order valence-corrected chi connectivity index (χ1v) is 5.53. The van der Waals surface area contributed by atoms with E-state index in [1.807, 2.05) is 0 Å². The molecule has 0 amide bonds. The molecule has 0 spiro atoms. The molecule has 0 unspecified atom stereocenters. The highest BCUT2D eigenvalue weighted by Crippen LogP contribution is 3.02. The van der Waals surface area contributed by atoms with E-state index in [1.165, 1.54) is 0 Å². The van der Waals surface area contributed by atoms with Crippen LogP contribution in [0.1, 0.15) is 10.4 Å². The van der Waals surface area contributed by atoms with Crippen molar-refractivity contribution in [3.8, 4) is 0 Å². The molecule has 1 aromatic carbocycles. The van der Waals surface area contributed by atoms with E-state index in [4.69, 9.17) is 5.11 Å². The number of carbonyl (C=O) groups is 1. The van der Waals surface area contributed by atoms with Crippen molar-refractivity contribution in [2.24, 2.45) is 0 Å². The van der Waals surface area contributed by atoms with E-state index in [0.29, 0.717) is 0 Å². The molecule has 0 saturated heterocycles. The number of hydrogen-bond acceptors (Lipinski definition) is 1. The van der Waals surface area contributed by atoms with Gasteiger partial charge in [0.2, 0.25) is 0 Å². The lowest BCUT2D eigenvalue weighted by Gasteiger charge is -2.40. The van der Waals surface area contributed by atoms with Crippen molar-refractivity contribution >= 4 is 16.2 Å². The van der Waals surface area contributed by atoms with Crippen LogP contribution in [0, 0.1) is 5.82 Å². The maximum Gasteiger partial charge on any atom is 0.335 e. The van der Waals surface area contributed by atoms with E-state index in [9.17, 15) is 28.6 Å². The summed E-state index contributed by atoms with van der Waals surface area (Å²) in [6, 6.07) is -0.518. The van der Waals surface area contributed by atoms with E-state index in [-0.39, 0.29) is 12.1 Å². The normalized spacial score (nSPS) is 16.4. The summed E-state index contributed by atoms with van der Waals surface area (Å²) < 4.78 is 73.6.